The number of alkyl carbamates (subject to hydrolysis) is 1. The molecule has 1 amide bonds. The maximum Gasteiger partial charge on any atom is 0.408 e. The molecule has 0 spiro atoms. The van der Waals surface area contributed by atoms with Crippen LogP contribution >= 0.6 is 0 Å². The summed E-state index contributed by atoms with van der Waals surface area (Å²) in [4.78, 5) is 13.0. The fourth-order valence-electron chi connectivity index (χ4n) is 6.05. The number of amides is 1. The lowest BCUT2D eigenvalue weighted by atomic mass is 9.69. The fourth-order valence-corrected chi connectivity index (χ4v) is 6.05. The van der Waals surface area contributed by atoms with Gasteiger partial charge in [-0.25, -0.2) is 4.79 Å². The normalized spacial score (nSPS) is 26.8. The SMILES string of the molecule is CCC(C)(C)CC(C)(C)OC(=O)NC(CNC1CCC(O)C(O)C1O)C(O)CC(O)C(C)(CC)CC(C)(C)C. The highest BCUT2D eigenvalue weighted by atomic mass is 16.6. The Labute approximate surface area is 237 Å². The van der Waals surface area contributed by atoms with E-state index in [1.54, 1.807) is 0 Å². The summed E-state index contributed by atoms with van der Waals surface area (Å²) >= 11 is 0. The van der Waals surface area contributed by atoms with Gasteiger partial charge in [-0.15, -0.1) is 0 Å². The van der Waals surface area contributed by atoms with Crippen molar-refractivity contribution in [2.45, 2.75) is 162 Å². The number of hydrogen-bond acceptors (Lipinski definition) is 8. The van der Waals surface area contributed by atoms with Crippen LogP contribution in [0.3, 0.4) is 0 Å². The average Bonchev–Trinajstić information content (AvgIpc) is 2.78. The van der Waals surface area contributed by atoms with Gasteiger partial charge in [0.1, 0.15) is 11.7 Å². The van der Waals surface area contributed by atoms with Crippen molar-refractivity contribution in [3.05, 3.63) is 0 Å². The van der Waals surface area contributed by atoms with Gasteiger partial charge in [0.2, 0.25) is 0 Å². The molecule has 39 heavy (non-hydrogen) atoms. The number of ether oxygens (including phenoxy) is 1. The van der Waals surface area contributed by atoms with Crippen molar-refractivity contribution < 1.29 is 35.1 Å². The second-order valence-electron chi connectivity index (χ2n) is 14.8. The summed E-state index contributed by atoms with van der Waals surface area (Å²) in [6, 6.07) is -1.35. The van der Waals surface area contributed by atoms with Crippen LogP contribution < -0.4 is 10.6 Å². The minimum Gasteiger partial charge on any atom is -0.444 e. The standard InChI is InChI=1S/C30H60N2O7/c1-11-28(6,7)18-29(8,9)39-26(38)32-20(16-31-19-13-14-21(33)25(37)24(19)36)22(34)15-23(35)30(10,12-2)17-27(3,4)5/h19-25,31,33-37H,11-18H2,1-10H3,(H,32,38). The number of aliphatic hydroxyl groups excluding tert-OH is 5. The minimum absolute atomic E-state index is 0.0138. The van der Waals surface area contributed by atoms with Gasteiger partial charge >= 0.3 is 6.09 Å². The molecule has 0 aromatic carbocycles. The predicted molar refractivity (Wildman–Crippen MR) is 154 cm³/mol. The molecule has 0 bridgehead atoms. The maximum absolute atomic E-state index is 13.0. The Bertz CT molecular complexity index is 754. The molecule has 1 fully saturated rings. The lowest BCUT2D eigenvalue weighted by molar-refractivity contribution is -0.0988. The van der Waals surface area contributed by atoms with Gasteiger partial charge in [0.25, 0.3) is 0 Å². The zero-order valence-corrected chi connectivity index (χ0v) is 26.3. The largest absolute Gasteiger partial charge is 0.444 e. The first-order chi connectivity index (χ1) is 17.6. The number of carbonyl (C=O) groups excluding carboxylic acids is 1. The molecular weight excluding hydrogens is 500 g/mol. The number of rotatable bonds is 14. The number of hydrogen-bond donors (Lipinski definition) is 7. The van der Waals surface area contributed by atoms with E-state index in [4.69, 9.17) is 4.74 Å². The Kier molecular flexibility index (Phi) is 13.2. The van der Waals surface area contributed by atoms with Crippen LogP contribution in [0.25, 0.3) is 0 Å². The van der Waals surface area contributed by atoms with Gasteiger partial charge in [0.05, 0.1) is 30.5 Å². The summed E-state index contributed by atoms with van der Waals surface area (Å²) in [6.45, 7) is 20.6. The number of carbonyl (C=O) groups is 1. The van der Waals surface area contributed by atoms with E-state index in [0.717, 1.165) is 19.3 Å². The molecule has 1 saturated carbocycles. The van der Waals surface area contributed by atoms with E-state index >= 15 is 0 Å². The summed E-state index contributed by atoms with van der Waals surface area (Å²) in [6.07, 6.45) is -2.16. The smallest absolute Gasteiger partial charge is 0.408 e. The molecular formula is C30H60N2O7. The molecule has 1 aliphatic rings. The summed E-state index contributed by atoms with van der Waals surface area (Å²) in [5, 5.41) is 58.8. The third-order valence-electron chi connectivity index (χ3n) is 8.54. The minimum atomic E-state index is -1.27. The van der Waals surface area contributed by atoms with Crippen molar-refractivity contribution in [3.63, 3.8) is 0 Å². The van der Waals surface area contributed by atoms with Crippen LogP contribution in [0.4, 0.5) is 4.79 Å². The maximum atomic E-state index is 13.0. The van der Waals surface area contributed by atoms with Crippen LogP contribution in [-0.2, 0) is 4.74 Å². The second kappa shape index (κ2) is 14.3. The lowest BCUT2D eigenvalue weighted by Gasteiger charge is -2.41. The quantitative estimate of drug-likeness (QED) is 0.171. The van der Waals surface area contributed by atoms with Gasteiger partial charge < -0.3 is 40.9 Å². The zero-order chi connectivity index (χ0) is 30.4. The van der Waals surface area contributed by atoms with Crippen molar-refractivity contribution in [1.82, 2.24) is 10.6 Å². The van der Waals surface area contributed by atoms with Crippen molar-refractivity contribution in [3.8, 4) is 0 Å². The van der Waals surface area contributed by atoms with E-state index in [2.05, 4.69) is 52.2 Å². The van der Waals surface area contributed by atoms with Gasteiger partial charge in [-0.2, -0.15) is 0 Å². The first kappa shape index (κ1) is 36.1. The first-order valence-corrected chi connectivity index (χ1v) is 14.8. The third kappa shape index (κ3) is 11.8. The molecule has 0 aromatic heterocycles. The topological polar surface area (TPSA) is 152 Å². The average molecular weight is 561 g/mol. The van der Waals surface area contributed by atoms with E-state index in [-0.39, 0.29) is 23.8 Å². The van der Waals surface area contributed by atoms with E-state index in [1.807, 2.05) is 27.7 Å². The Balaban J connectivity index is 3.04. The van der Waals surface area contributed by atoms with Gasteiger partial charge in [-0.3, -0.25) is 0 Å². The highest BCUT2D eigenvalue weighted by Crippen LogP contribution is 2.40. The van der Waals surface area contributed by atoms with Crippen molar-refractivity contribution in [2.75, 3.05) is 6.54 Å². The van der Waals surface area contributed by atoms with Gasteiger partial charge in [0, 0.05) is 19.0 Å². The monoisotopic (exact) mass is 560 g/mol. The molecule has 8 atom stereocenters. The molecule has 9 nitrogen and oxygen atoms in total. The zero-order valence-electron chi connectivity index (χ0n) is 26.3. The van der Waals surface area contributed by atoms with Gasteiger partial charge in [0.15, 0.2) is 0 Å². The van der Waals surface area contributed by atoms with Crippen LogP contribution in [0.2, 0.25) is 0 Å². The number of nitrogens with one attached hydrogen (secondary N) is 2. The molecule has 0 aliphatic heterocycles. The molecule has 8 unspecified atom stereocenters. The molecule has 1 rings (SSSR count). The van der Waals surface area contributed by atoms with Crippen LogP contribution in [0.5, 0.6) is 0 Å². The highest BCUT2D eigenvalue weighted by molar-refractivity contribution is 5.68. The van der Waals surface area contributed by atoms with E-state index in [0.29, 0.717) is 19.3 Å². The number of aliphatic hydroxyl groups is 5. The van der Waals surface area contributed by atoms with E-state index in [1.165, 1.54) is 0 Å². The Morgan fingerprint density at radius 3 is 2.00 bits per heavy atom. The molecule has 0 heterocycles. The molecule has 0 aromatic rings. The van der Waals surface area contributed by atoms with E-state index < -0.39 is 59.7 Å². The van der Waals surface area contributed by atoms with Crippen molar-refractivity contribution >= 4 is 6.09 Å². The highest BCUT2D eigenvalue weighted by Gasteiger charge is 2.40. The molecule has 0 saturated heterocycles. The summed E-state index contributed by atoms with van der Waals surface area (Å²) < 4.78 is 5.79. The van der Waals surface area contributed by atoms with Crippen LogP contribution in [0.15, 0.2) is 0 Å². The van der Waals surface area contributed by atoms with Crippen molar-refractivity contribution in [2.24, 2.45) is 16.2 Å². The fraction of sp³-hybridized carbons (Fsp3) is 0.967. The van der Waals surface area contributed by atoms with Gasteiger partial charge in [-0.05, 0) is 62.2 Å². The van der Waals surface area contributed by atoms with Crippen LogP contribution in [0, 0.1) is 16.2 Å². The Morgan fingerprint density at radius 1 is 0.897 bits per heavy atom. The van der Waals surface area contributed by atoms with E-state index in [9.17, 15) is 30.3 Å². The first-order valence-electron chi connectivity index (χ1n) is 14.8. The summed E-state index contributed by atoms with van der Waals surface area (Å²) in [7, 11) is 0. The summed E-state index contributed by atoms with van der Waals surface area (Å²) in [5.41, 5.74) is -1.20. The summed E-state index contributed by atoms with van der Waals surface area (Å²) in [5.74, 6) is 0. The van der Waals surface area contributed by atoms with Crippen LogP contribution in [0.1, 0.15) is 114 Å². The molecule has 232 valence electrons. The second-order valence-corrected chi connectivity index (χ2v) is 14.8. The molecule has 1 aliphatic carbocycles. The molecule has 7 N–H and O–H groups in total. The lowest BCUT2D eigenvalue weighted by Crippen LogP contribution is -2.59. The van der Waals surface area contributed by atoms with Crippen LogP contribution in [-0.4, -0.2) is 86.4 Å². The molecule has 9 heteroatoms. The van der Waals surface area contributed by atoms with Crippen molar-refractivity contribution in [1.29, 1.82) is 0 Å². The third-order valence-corrected chi connectivity index (χ3v) is 8.54. The molecule has 0 radical (unpaired) electrons. The Morgan fingerprint density at radius 2 is 1.49 bits per heavy atom. The van der Waals surface area contributed by atoms with Gasteiger partial charge in [-0.1, -0.05) is 61.8 Å². The Hall–Kier alpha value is -0.970. The predicted octanol–water partition coefficient (Wildman–Crippen LogP) is 3.49.